The van der Waals surface area contributed by atoms with Crippen LogP contribution < -0.4 is 9.04 Å². The molecule has 7 heteroatoms. The summed E-state index contributed by atoms with van der Waals surface area (Å²) in [5, 5.41) is 0. The Kier molecular flexibility index (Phi) is 6.39. The first-order chi connectivity index (χ1) is 13.8. The van der Waals surface area contributed by atoms with Crippen LogP contribution in [0.3, 0.4) is 0 Å². The summed E-state index contributed by atoms with van der Waals surface area (Å²) in [7, 11) is -4.12. The molecule has 3 aromatic carbocycles. The predicted octanol–water partition coefficient (Wildman–Crippen LogP) is 4.87. The Morgan fingerprint density at radius 3 is 2.28 bits per heavy atom. The quantitative estimate of drug-likeness (QED) is 0.512. The van der Waals surface area contributed by atoms with Crippen molar-refractivity contribution < 1.29 is 17.9 Å². The highest BCUT2D eigenvalue weighted by Crippen LogP contribution is 2.29. The van der Waals surface area contributed by atoms with E-state index in [1.54, 1.807) is 55.5 Å². The van der Waals surface area contributed by atoms with E-state index < -0.39 is 22.5 Å². The lowest BCUT2D eigenvalue weighted by atomic mass is 10.1. The molecule has 29 heavy (non-hydrogen) atoms. The highest BCUT2D eigenvalue weighted by atomic mass is 79.9. The van der Waals surface area contributed by atoms with E-state index in [1.165, 1.54) is 12.1 Å². The standard InChI is InChI=1S/C22H20BrNO4S/c1-16-9-8-13-20(17(16)2)24(29(26,27)18-10-4-3-5-11-18)22(25)15-28-21-14-7-6-12-19(21)23/h3-14H,15H2,1-2H3. The number of hydrogen-bond acceptors (Lipinski definition) is 4. The van der Waals surface area contributed by atoms with E-state index >= 15 is 0 Å². The summed E-state index contributed by atoms with van der Waals surface area (Å²) in [5.41, 5.74) is 1.91. The average Bonchev–Trinajstić information content (AvgIpc) is 2.71. The lowest BCUT2D eigenvalue weighted by Crippen LogP contribution is -2.40. The van der Waals surface area contributed by atoms with Crippen molar-refractivity contribution in [3.63, 3.8) is 0 Å². The molecule has 0 N–H and O–H groups in total. The molecule has 0 saturated heterocycles. The fraction of sp³-hybridized carbons (Fsp3) is 0.136. The van der Waals surface area contributed by atoms with Crippen LogP contribution in [0.1, 0.15) is 11.1 Å². The van der Waals surface area contributed by atoms with Gasteiger partial charge in [-0.3, -0.25) is 4.79 Å². The summed E-state index contributed by atoms with van der Waals surface area (Å²) in [6.07, 6.45) is 0. The van der Waals surface area contributed by atoms with Crippen molar-refractivity contribution in [2.75, 3.05) is 10.9 Å². The first kappa shape index (κ1) is 21.1. The molecule has 0 bridgehead atoms. The largest absolute Gasteiger partial charge is 0.483 e. The van der Waals surface area contributed by atoms with Gasteiger partial charge in [-0.05, 0) is 71.2 Å². The molecular weight excluding hydrogens is 454 g/mol. The fourth-order valence-corrected chi connectivity index (χ4v) is 4.70. The lowest BCUT2D eigenvalue weighted by molar-refractivity contribution is -0.119. The summed E-state index contributed by atoms with van der Waals surface area (Å²) >= 11 is 3.36. The number of carbonyl (C=O) groups is 1. The summed E-state index contributed by atoms with van der Waals surface area (Å²) < 4.78 is 33.8. The molecule has 0 saturated carbocycles. The zero-order chi connectivity index (χ0) is 21.0. The zero-order valence-corrected chi connectivity index (χ0v) is 18.4. The smallest absolute Gasteiger partial charge is 0.278 e. The van der Waals surface area contributed by atoms with E-state index in [0.717, 1.165) is 9.87 Å². The van der Waals surface area contributed by atoms with Crippen LogP contribution in [0.5, 0.6) is 5.75 Å². The maximum absolute atomic E-state index is 13.4. The molecule has 3 aromatic rings. The van der Waals surface area contributed by atoms with Crippen LogP contribution in [-0.2, 0) is 14.8 Å². The van der Waals surface area contributed by atoms with Gasteiger partial charge in [-0.2, -0.15) is 4.31 Å². The molecule has 150 valence electrons. The highest BCUT2D eigenvalue weighted by Gasteiger charge is 2.32. The monoisotopic (exact) mass is 473 g/mol. The van der Waals surface area contributed by atoms with Gasteiger partial charge in [-0.25, -0.2) is 8.42 Å². The summed E-state index contributed by atoms with van der Waals surface area (Å²) in [6, 6.07) is 20.2. The molecule has 0 radical (unpaired) electrons. The number of nitrogens with zero attached hydrogens (tertiary/aromatic N) is 1. The van der Waals surface area contributed by atoms with Crippen LogP contribution in [0.4, 0.5) is 5.69 Å². The molecule has 0 heterocycles. The van der Waals surface area contributed by atoms with Crippen molar-refractivity contribution in [3.8, 4) is 5.75 Å². The number of anilines is 1. The van der Waals surface area contributed by atoms with Gasteiger partial charge in [0.25, 0.3) is 15.9 Å². The number of aryl methyl sites for hydroxylation is 1. The number of rotatable bonds is 6. The minimum absolute atomic E-state index is 0.0372. The number of hydrogen-bond donors (Lipinski definition) is 0. The van der Waals surface area contributed by atoms with Crippen LogP contribution in [0.2, 0.25) is 0 Å². The van der Waals surface area contributed by atoms with Gasteiger partial charge in [0.05, 0.1) is 15.1 Å². The van der Waals surface area contributed by atoms with Crippen molar-refractivity contribution >= 4 is 37.5 Å². The highest BCUT2D eigenvalue weighted by molar-refractivity contribution is 9.10. The summed E-state index contributed by atoms with van der Waals surface area (Å²) in [5.74, 6) is -0.225. The fourth-order valence-electron chi connectivity index (χ4n) is 2.81. The Bertz CT molecular complexity index is 1130. The second-order valence-electron chi connectivity index (χ2n) is 6.41. The van der Waals surface area contributed by atoms with Gasteiger partial charge in [0.1, 0.15) is 5.75 Å². The van der Waals surface area contributed by atoms with Crippen molar-refractivity contribution in [1.82, 2.24) is 0 Å². The lowest BCUT2D eigenvalue weighted by Gasteiger charge is -2.25. The third-order valence-electron chi connectivity index (χ3n) is 4.49. The molecule has 0 aromatic heterocycles. The molecular formula is C22H20BrNO4S. The van der Waals surface area contributed by atoms with E-state index in [4.69, 9.17) is 4.74 Å². The normalized spacial score (nSPS) is 11.1. The van der Waals surface area contributed by atoms with Gasteiger partial charge in [0, 0.05) is 0 Å². The van der Waals surface area contributed by atoms with Gasteiger partial charge < -0.3 is 4.74 Å². The second kappa shape index (κ2) is 8.80. The van der Waals surface area contributed by atoms with Gasteiger partial charge in [-0.1, -0.05) is 42.5 Å². The van der Waals surface area contributed by atoms with Gasteiger partial charge >= 0.3 is 0 Å². The second-order valence-corrected chi connectivity index (χ2v) is 9.06. The van der Waals surface area contributed by atoms with Crippen LogP contribution >= 0.6 is 15.9 Å². The number of halogens is 1. The summed E-state index contributed by atoms with van der Waals surface area (Å²) in [4.78, 5) is 13.2. The predicted molar refractivity (Wildman–Crippen MR) is 117 cm³/mol. The number of carbonyl (C=O) groups excluding carboxylic acids is 1. The van der Waals surface area contributed by atoms with E-state index in [-0.39, 0.29) is 4.90 Å². The molecule has 0 spiro atoms. The van der Waals surface area contributed by atoms with Crippen LogP contribution in [-0.4, -0.2) is 20.9 Å². The maximum Gasteiger partial charge on any atom is 0.278 e. The molecule has 0 aliphatic heterocycles. The Balaban J connectivity index is 2.02. The van der Waals surface area contributed by atoms with Gasteiger partial charge in [-0.15, -0.1) is 0 Å². The Hall–Kier alpha value is -2.64. The van der Waals surface area contributed by atoms with Crippen LogP contribution in [0.25, 0.3) is 0 Å². The van der Waals surface area contributed by atoms with E-state index in [0.29, 0.717) is 21.5 Å². The maximum atomic E-state index is 13.4. The number of amides is 1. The first-order valence-corrected chi connectivity index (χ1v) is 11.1. The Morgan fingerprint density at radius 2 is 1.59 bits per heavy atom. The minimum atomic E-state index is -4.12. The molecule has 5 nitrogen and oxygen atoms in total. The van der Waals surface area contributed by atoms with Crippen LogP contribution in [0, 0.1) is 13.8 Å². The van der Waals surface area contributed by atoms with Crippen molar-refractivity contribution in [3.05, 3.63) is 88.4 Å². The SMILES string of the molecule is Cc1cccc(N(C(=O)COc2ccccc2Br)S(=O)(=O)c2ccccc2)c1C. The molecule has 0 unspecified atom stereocenters. The number of sulfonamides is 1. The van der Waals surface area contributed by atoms with Gasteiger partial charge in [0.15, 0.2) is 6.61 Å². The summed E-state index contributed by atoms with van der Waals surface area (Å²) in [6.45, 7) is 3.23. The van der Waals surface area contributed by atoms with Crippen molar-refractivity contribution in [1.29, 1.82) is 0 Å². The third-order valence-corrected chi connectivity index (χ3v) is 6.89. The minimum Gasteiger partial charge on any atom is -0.483 e. The van der Waals surface area contributed by atoms with E-state index in [2.05, 4.69) is 15.9 Å². The third kappa shape index (κ3) is 4.52. The zero-order valence-electron chi connectivity index (χ0n) is 16.0. The molecule has 3 rings (SSSR count). The molecule has 0 atom stereocenters. The Labute approximate surface area is 179 Å². The van der Waals surface area contributed by atoms with Crippen molar-refractivity contribution in [2.24, 2.45) is 0 Å². The van der Waals surface area contributed by atoms with E-state index in [9.17, 15) is 13.2 Å². The average molecular weight is 474 g/mol. The number of benzene rings is 3. The van der Waals surface area contributed by atoms with E-state index in [1.807, 2.05) is 19.1 Å². The number of para-hydroxylation sites is 1. The van der Waals surface area contributed by atoms with Crippen LogP contribution in [0.15, 0.2) is 82.2 Å². The topological polar surface area (TPSA) is 63.7 Å². The molecule has 0 fully saturated rings. The first-order valence-electron chi connectivity index (χ1n) is 8.89. The van der Waals surface area contributed by atoms with Gasteiger partial charge in [0.2, 0.25) is 0 Å². The molecule has 0 aliphatic rings. The molecule has 0 aliphatic carbocycles. The van der Waals surface area contributed by atoms with Crippen molar-refractivity contribution in [2.45, 2.75) is 18.7 Å². The Morgan fingerprint density at radius 1 is 0.931 bits per heavy atom. The molecule has 1 amide bonds. The number of ether oxygens (including phenoxy) is 1.